The third-order valence-electron chi connectivity index (χ3n) is 1.91. The Balaban J connectivity index is 4.83. The minimum absolute atomic E-state index is 1.05. The van der Waals surface area contributed by atoms with Crippen molar-refractivity contribution >= 4 is 12.0 Å². The van der Waals surface area contributed by atoms with Gasteiger partial charge >= 0.3 is 18.4 Å². The monoisotopic (exact) mass is 338 g/mol. The zero-order chi connectivity index (χ0) is 17.8. The Morgan fingerprint density at radius 3 is 1.86 bits per heavy atom. The van der Waals surface area contributed by atoms with E-state index in [9.17, 15) is 35.9 Å². The van der Waals surface area contributed by atoms with E-state index in [4.69, 9.17) is 0 Å². The highest BCUT2D eigenvalue weighted by molar-refractivity contribution is 5.85. The lowest BCUT2D eigenvalue weighted by atomic mass is 10.2. The van der Waals surface area contributed by atoms with Crippen LogP contribution in [0.1, 0.15) is 27.2 Å². The average molecular weight is 338 g/mol. The van der Waals surface area contributed by atoms with Crippen molar-refractivity contribution in [3.8, 4) is 0 Å². The maximum absolute atomic E-state index is 12.3. The molecule has 0 aromatic heterocycles. The predicted octanol–water partition coefficient (Wildman–Crippen LogP) is 2.51. The molecule has 0 heterocycles. The second-order valence-electron chi connectivity index (χ2n) is 5.35. The first-order chi connectivity index (χ1) is 9.59. The van der Waals surface area contributed by atoms with Gasteiger partial charge in [-0.15, -0.1) is 0 Å². The number of hydrogen-bond acceptors (Lipinski definition) is 3. The molecule has 0 aromatic carbocycles. The van der Waals surface area contributed by atoms with Gasteiger partial charge in [-0.25, -0.2) is 4.79 Å². The quantitative estimate of drug-likeness (QED) is 0.774. The predicted molar refractivity (Wildman–Crippen MR) is 62.9 cm³/mol. The molecule has 2 N–H and O–H groups in total. The number of hydrogen-bond donors (Lipinski definition) is 2. The molecule has 0 aliphatic rings. The molecular weight excluding hydrogens is 322 g/mol. The first kappa shape index (κ1) is 20.3. The number of rotatable bonds is 4. The van der Waals surface area contributed by atoms with Gasteiger partial charge in [-0.1, -0.05) is 0 Å². The molecule has 0 aliphatic carbocycles. The van der Waals surface area contributed by atoms with E-state index in [2.05, 4.69) is 4.74 Å². The van der Waals surface area contributed by atoms with Gasteiger partial charge < -0.3 is 15.4 Å². The highest BCUT2D eigenvalue weighted by Gasteiger charge is 2.38. The van der Waals surface area contributed by atoms with Crippen molar-refractivity contribution in [1.29, 1.82) is 0 Å². The van der Waals surface area contributed by atoms with Gasteiger partial charge in [0.1, 0.15) is 18.2 Å². The fourth-order valence-corrected chi connectivity index (χ4v) is 1.20. The van der Waals surface area contributed by atoms with Gasteiger partial charge in [0.05, 0.1) is 6.42 Å². The fourth-order valence-electron chi connectivity index (χ4n) is 1.20. The van der Waals surface area contributed by atoms with Gasteiger partial charge in [0.15, 0.2) is 0 Å². The molecule has 0 spiro atoms. The lowest BCUT2D eigenvalue weighted by Crippen LogP contribution is -2.51. The third kappa shape index (κ3) is 11.0. The molecule has 0 bridgehead atoms. The van der Waals surface area contributed by atoms with E-state index in [0.717, 1.165) is 0 Å². The van der Waals surface area contributed by atoms with E-state index in [-0.39, 0.29) is 0 Å². The summed E-state index contributed by atoms with van der Waals surface area (Å²) in [7, 11) is 0. The van der Waals surface area contributed by atoms with Crippen LogP contribution in [0.5, 0.6) is 0 Å². The second-order valence-corrected chi connectivity index (χ2v) is 5.35. The maximum Gasteiger partial charge on any atom is 0.408 e. The molecule has 0 saturated carbocycles. The summed E-state index contributed by atoms with van der Waals surface area (Å²) in [5.74, 6) is -1.61. The van der Waals surface area contributed by atoms with Gasteiger partial charge in [-0.3, -0.25) is 4.79 Å². The summed E-state index contributed by atoms with van der Waals surface area (Å²) in [6, 6.07) is -2.22. The Hall–Kier alpha value is -1.68. The molecule has 11 heteroatoms. The molecule has 0 aliphatic heterocycles. The summed E-state index contributed by atoms with van der Waals surface area (Å²) in [5, 5.41) is 2.88. The van der Waals surface area contributed by atoms with E-state index in [1.807, 2.05) is 0 Å². The van der Waals surface area contributed by atoms with Crippen LogP contribution < -0.4 is 10.6 Å². The van der Waals surface area contributed by atoms with E-state index in [1.165, 1.54) is 26.1 Å². The zero-order valence-corrected chi connectivity index (χ0v) is 12.0. The van der Waals surface area contributed by atoms with Crippen molar-refractivity contribution in [3.63, 3.8) is 0 Å². The van der Waals surface area contributed by atoms with Crippen LogP contribution in [-0.2, 0) is 9.53 Å². The molecule has 1 unspecified atom stereocenters. The summed E-state index contributed by atoms with van der Waals surface area (Å²) < 4.78 is 77.5. The van der Waals surface area contributed by atoms with Crippen LogP contribution >= 0.6 is 0 Å². The average Bonchev–Trinajstić information content (AvgIpc) is 2.19. The summed E-state index contributed by atoms with van der Waals surface area (Å²) in [6.45, 7) is 2.47. The Morgan fingerprint density at radius 1 is 1.00 bits per heavy atom. The molecule has 5 nitrogen and oxygen atoms in total. The van der Waals surface area contributed by atoms with Crippen LogP contribution in [0.25, 0.3) is 0 Å². The molecule has 130 valence electrons. The summed E-state index contributed by atoms with van der Waals surface area (Å²) in [6.07, 6.45) is -12.8. The van der Waals surface area contributed by atoms with Crippen LogP contribution in [0.4, 0.5) is 31.1 Å². The Kier molecular flexibility index (Phi) is 6.51. The van der Waals surface area contributed by atoms with Crippen LogP contribution in [-0.4, -0.2) is 42.5 Å². The molecule has 22 heavy (non-hydrogen) atoms. The number of nitrogens with one attached hydrogen (secondary N) is 2. The van der Waals surface area contributed by atoms with E-state index in [1.54, 1.807) is 5.32 Å². The van der Waals surface area contributed by atoms with Crippen molar-refractivity contribution in [2.24, 2.45) is 0 Å². The van der Waals surface area contributed by atoms with E-state index in [0.29, 0.717) is 0 Å². The Labute approximate surface area is 122 Å². The number of carbonyl (C=O) groups is 2. The smallest absolute Gasteiger partial charge is 0.408 e. The summed E-state index contributed by atoms with van der Waals surface area (Å²) >= 11 is 0. The first-order valence-electron chi connectivity index (χ1n) is 6.00. The van der Waals surface area contributed by atoms with Crippen molar-refractivity contribution in [1.82, 2.24) is 10.6 Å². The Bertz CT molecular complexity index is 400. The van der Waals surface area contributed by atoms with Crippen LogP contribution in [0.2, 0.25) is 0 Å². The zero-order valence-electron chi connectivity index (χ0n) is 12.0. The van der Waals surface area contributed by atoms with Crippen molar-refractivity contribution in [2.75, 3.05) is 6.54 Å². The number of amides is 2. The van der Waals surface area contributed by atoms with Crippen molar-refractivity contribution < 1.29 is 40.7 Å². The Morgan fingerprint density at radius 2 is 1.50 bits per heavy atom. The molecule has 0 radical (unpaired) electrons. The van der Waals surface area contributed by atoms with Gasteiger partial charge in [0, 0.05) is 0 Å². The van der Waals surface area contributed by atoms with E-state index >= 15 is 0 Å². The topological polar surface area (TPSA) is 67.4 Å². The summed E-state index contributed by atoms with van der Waals surface area (Å²) in [5.41, 5.74) is -1.05. The minimum Gasteiger partial charge on any atom is -0.444 e. The van der Waals surface area contributed by atoms with Crippen molar-refractivity contribution in [2.45, 2.75) is 51.2 Å². The normalized spacial score (nSPS) is 14.2. The largest absolute Gasteiger partial charge is 0.444 e. The molecule has 2 amide bonds. The first-order valence-corrected chi connectivity index (χ1v) is 6.00. The van der Waals surface area contributed by atoms with E-state index < -0.39 is 49.0 Å². The van der Waals surface area contributed by atoms with Gasteiger partial charge in [0.25, 0.3) is 0 Å². The van der Waals surface area contributed by atoms with Crippen LogP contribution in [0.15, 0.2) is 0 Å². The number of alkyl halides is 6. The SMILES string of the molecule is CC(C)(C)OC(=O)NC(CC(F)(F)F)C(=O)NCC(F)(F)F. The molecule has 1 atom stereocenters. The number of carbonyl (C=O) groups excluding carboxylic acids is 2. The lowest BCUT2D eigenvalue weighted by molar-refractivity contribution is -0.153. The standard InChI is InChI=1S/C11H16F6N2O3/c1-9(2,3)22-8(21)19-6(4-10(12,13)14)7(20)18-5-11(15,16)17/h6H,4-5H2,1-3H3,(H,18,20)(H,19,21). The second kappa shape index (κ2) is 7.05. The number of halogens is 6. The molecule has 0 saturated heterocycles. The van der Waals surface area contributed by atoms with Crippen molar-refractivity contribution in [3.05, 3.63) is 0 Å². The van der Waals surface area contributed by atoms with Gasteiger partial charge in [0.2, 0.25) is 5.91 Å². The van der Waals surface area contributed by atoms with Crippen LogP contribution in [0.3, 0.4) is 0 Å². The number of alkyl carbamates (subject to hydrolysis) is 1. The fraction of sp³-hybridized carbons (Fsp3) is 0.818. The summed E-state index contributed by atoms with van der Waals surface area (Å²) in [4.78, 5) is 22.7. The van der Waals surface area contributed by atoms with Gasteiger partial charge in [-0.2, -0.15) is 26.3 Å². The highest BCUT2D eigenvalue weighted by atomic mass is 19.4. The lowest BCUT2D eigenvalue weighted by Gasteiger charge is -2.24. The molecule has 0 rings (SSSR count). The minimum atomic E-state index is -4.87. The highest BCUT2D eigenvalue weighted by Crippen LogP contribution is 2.22. The van der Waals surface area contributed by atoms with Gasteiger partial charge in [-0.05, 0) is 20.8 Å². The number of ether oxygens (including phenoxy) is 1. The van der Waals surface area contributed by atoms with Crippen LogP contribution in [0, 0.1) is 0 Å². The maximum atomic E-state index is 12.3. The molecule has 0 aromatic rings. The molecular formula is C11H16F6N2O3. The molecule has 0 fully saturated rings. The third-order valence-corrected chi connectivity index (χ3v) is 1.91.